The Labute approximate surface area is 179 Å². The molecule has 0 saturated heterocycles. The maximum atomic E-state index is 11.9. The van der Waals surface area contributed by atoms with Crippen LogP contribution in [0.5, 0.6) is 0 Å². The van der Waals surface area contributed by atoms with Crippen molar-refractivity contribution in [1.29, 1.82) is 0 Å². The third-order valence-electron chi connectivity index (χ3n) is 7.46. The Kier molecular flexibility index (Phi) is 5.14. The minimum absolute atomic E-state index is 0.286. The monoisotopic (exact) mass is 400 g/mol. The van der Waals surface area contributed by atoms with E-state index in [4.69, 9.17) is 0 Å². The van der Waals surface area contributed by atoms with E-state index in [1.54, 1.807) is 0 Å². The van der Waals surface area contributed by atoms with Crippen molar-refractivity contribution in [2.45, 2.75) is 63.3 Å². The van der Waals surface area contributed by atoms with E-state index in [9.17, 15) is 9.90 Å². The fourth-order valence-electron chi connectivity index (χ4n) is 6.12. The normalized spacial score (nSPS) is 26.4. The highest BCUT2D eigenvalue weighted by Gasteiger charge is 2.45. The molecule has 0 radical (unpaired) electrons. The third-order valence-corrected chi connectivity index (χ3v) is 7.46. The number of rotatable bonds is 6. The molecule has 0 bridgehead atoms. The molecule has 0 aromatic heterocycles. The van der Waals surface area contributed by atoms with Crippen molar-refractivity contribution in [2.75, 3.05) is 11.4 Å². The molecule has 0 spiro atoms. The standard InChI is InChI=1S/C27H31NO2/c1-2-3-5-9-18-14-15-28-25(19-10-6-4-7-11-19)22-13-8-12-21(22)24-17-20(27(29)30)16-23(18)26(24)28/h4,6-8,10-12,16-18,21-22,25H,2-3,5,9,13-15H2,1H3,(H,29,30)/p-1/t18-,21+,22-,25-/m1/s1. The number of benzene rings is 2. The first-order valence-electron chi connectivity index (χ1n) is 11.6. The summed E-state index contributed by atoms with van der Waals surface area (Å²) >= 11 is 0. The van der Waals surface area contributed by atoms with Crippen molar-refractivity contribution in [3.63, 3.8) is 0 Å². The summed E-state index contributed by atoms with van der Waals surface area (Å²) in [5, 5.41) is 11.9. The number of allylic oxidation sites excluding steroid dienone is 2. The Hall–Kier alpha value is -2.55. The summed E-state index contributed by atoms with van der Waals surface area (Å²) in [5.74, 6) is 0.136. The predicted molar refractivity (Wildman–Crippen MR) is 119 cm³/mol. The van der Waals surface area contributed by atoms with Crippen LogP contribution in [0, 0.1) is 5.92 Å². The molecule has 3 heteroatoms. The lowest BCUT2D eigenvalue weighted by atomic mass is 9.71. The van der Waals surface area contributed by atoms with Gasteiger partial charge in [0.1, 0.15) is 0 Å². The van der Waals surface area contributed by atoms with Crippen LogP contribution in [0.4, 0.5) is 5.69 Å². The Morgan fingerprint density at radius 3 is 2.70 bits per heavy atom. The summed E-state index contributed by atoms with van der Waals surface area (Å²) in [5.41, 5.74) is 5.49. The molecule has 156 valence electrons. The smallest absolute Gasteiger partial charge is 0.0715 e. The second-order valence-electron chi connectivity index (χ2n) is 9.17. The van der Waals surface area contributed by atoms with Crippen molar-refractivity contribution >= 4 is 11.7 Å². The highest BCUT2D eigenvalue weighted by Crippen LogP contribution is 2.57. The van der Waals surface area contributed by atoms with Gasteiger partial charge in [0.05, 0.1) is 12.0 Å². The topological polar surface area (TPSA) is 43.4 Å². The second kappa shape index (κ2) is 7.94. The van der Waals surface area contributed by atoms with Gasteiger partial charge in [-0.15, -0.1) is 0 Å². The average molecular weight is 401 g/mol. The van der Waals surface area contributed by atoms with E-state index in [0.717, 1.165) is 25.8 Å². The first kappa shape index (κ1) is 19.4. The first-order chi connectivity index (χ1) is 14.7. The Bertz CT molecular complexity index is 964. The molecule has 2 heterocycles. The quantitative estimate of drug-likeness (QED) is 0.486. The summed E-state index contributed by atoms with van der Waals surface area (Å²) in [6.07, 6.45) is 11.5. The van der Waals surface area contributed by atoms with Gasteiger partial charge in [-0.2, -0.15) is 0 Å². The number of carboxylic acid groups (broad SMARTS) is 1. The van der Waals surface area contributed by atoms with Crippen molar-refractivity contribution in [1.82, 2.24) is 0 Å². The van der Waals surface area contributed by atoms with Gasteiger partial charge in [-0.3, -0.25) is 0 Å². The van der Waals surface area contributed by atoms with Crippen LogP contribution in [0.3, 0.4) is 0 Å². The van der Waals surface area contributed by atoms with Crippen molar-refractivity contribution in [3.8, 4) is 0 Å². The van der Waals surface area contributed by atoms with Crippen LogP contribution in [0.2, 0.25) is 0 Å². The number of carboxylic acids is 1. The molecule has 3 nitrogen and oxygen atoms in total. The molecule has 4 atom stereocenters. The second-order valence-corrected chi connectivity index (χ2v) is 9.17. The van der Waals surface area contributed by atoms with E-state index in [0.29, 0.717) is 23.4 Å². The van der Waals surface area contributed by atoms with Crippen LogP contribution < -0.4 is 10.0 Å². The molecule has 2 aliphatic heterocycles. The van der Waals surface area contributed by atoms with E-state index < -0.39 is 5.97 Å². The van der Waals surface area contributed by atoms with Gasteiger partial charge in [0.25, 0.3) is 0 Å². The highest BCUT2D eigenvalue weighted by atomic mass is 16.4. The van der Waals surface area contributed by atoms with E-state index in [1.807, 2.05) is 12.1 Å². The summed E-state index contributed by atoms with van der Waals surface area (Å²) < 4.78 is 0. The van der Waals surface area contributed by atoms with Crippen LogP contribution in [0.25, 0.3) is 0 Å². The van der Waals surface area contributed by atoms with Crippen LogP contribution in [-0.4, -0.2) is 12.5 Å². The number of fused-ring (bicyclic) bond motifs is 2. The summed E-state index contributed by atoms with van der Waals surface area (Å²) in [7, 11) is 0. The Morgan fingerprint density at radius 1 is 1.13 bits per heavy atom. The highest BCUT2D eigenvalue weighted by molar-refractivity contribution is 5.88. The van der Waals surface area contributed by atoms with E-state index >= 15 is 0 Å². The maximum absolute atomic E-state index is 11.9. The molecule has 30 heavy (non-hydrogen) atoms. The molecule has 0 unspecified atom stereocenters. The molecule has 3 aliphatic rings. The van der Waals surface area contributed by atoms with Gasteiger partial charge < -0.3 is 14.8 Å². The van der Waals surface area contributed by atoms with Crippen LogP contribution in [-0.2, 0) is 0 Å². The number of aromatic carboxylic acids is 1. The van der Waals surface area contributed by atoms with Crippen molar-refractivity contribution < 1.29 is 9.90 Å². The number of unbranched alkanes of at least 4 members (excludes halogenated alkanes) is 2. The lowest BCUT2D eigenvalue weighted by Crippen LogP contribution is -2.44. The van der Waals surface area contributed by atoms with Crippen LogP contribution >= 0.6 is 0 Å². The van der Waals surface area contributed by atoms with E-state index in [1.165, 1.54) is 41.6 Å². The molecule has 0 amide bonds. The number of hydrogen-bond donors (Lipinski definition) is 0. The third kappa shape index (κ3) is 3.15. The van der Waals surface area contributed by atoms with Gasteiger partial charge >= 0.3 is 0 Å². The number of carbonyl (C=O) groups is 1. The number of anilines is 1. The van der Waals surface area contributed by atoms with Gasteiger partial charge in [-0.05, 0) is 65.5 Å². The van der Waals surface area contributed by atoms with Crippen molar-refractivity contribution in [2.24, 2.45) is 5.92 Å². The fourth-order valence-corrected chi connectivity index (χ4v) is 6.12. The Balaban J connectivity index is 1.65. The van der Waals surface area contributed by atoms with Gasteiger partial charge in [-0.25, -0.2) is 0 Å². The minimum Gasteiger partial charge on any atom is -0.545 e. The average Bonchev–Trinajstić information content (AvgIpc) is 3.25. The zero-order valence-electron chi connectivity index (χ0n) is 17.7. The minimum atomic E-state index is -1.05. The van der Waals surface area contributed by atoms with E-state index in [2.05, 4.69) is 54.3 Å². The van der Waals surface area contributed by atoms with E-state index in [-0.39, 0.29) is 5.92 Å². The molecular formula is C27H30NO2-. The zero-order chi connectivity index (χ0) is 20.7. The van der Waals surface area contributed by atoms with Gasteiger partial charge in [0.15, 0.2) is 0 Å². The number of nitrogens with zero attached hydrogens (tertiary/aromatic N) is 1. The molecule has 0 N–H and O–H groups in total. The summed E-state index contributed by atoms with van der Waals surface area (Å²) in [4.78, 5) is 14.5. The summed E-state index contributed by atoms with van der Waals surface area (Å²) in [6.45, 7) is 3.28. The summed E-state index contributed by atoms with van der Waals surface area (Å²) in [6, 6.07) is 15.1. The number of hydrogen-bond acceptors (Lipinski definition) is 3. The lowest BCUT2D eigenvalue weighted by molar-refractivity contribution is -0.255. The SMILES string of the molecule is CCCCC[C@@H]1CCN2c3c1cc(C(=O)[O-])cc3[C@H]1C=CC[C@H]1[C@H]2c1ccccc1. The van der Waals surface area contributed by atoms with Crippen LogP contribution in [0.15, 0.2) is 54.6 Å². The molecular weight excluding hydrogens is 370 g/mol. The van der Waals surface area contributed by atoms with Crippen LogP contribution in [0.1, 0.15) is 90.4 Å². The molecule has 0 saturated carbocycles. The maximum Gasteiger partial charge on any atom is 0.0715 e. The van der Waals surface area contributed by atoms with Gasteiger partial charge in [-0.1, -0.05) is 68.7 Å². The zero-order valence-corrected chi connectivity index (χ0v) is 17.7. The van der Waals surface area contributed by atoms with Gasteiger partial charge in [0.2, 0.25) is 0 Å². The molecule has 2 aromatic carbocycles. The largest absolute Gasteiger partial charge is 0.545 e. The van der Waals surface area contributed by atoms with Gasteiger partial charge in [0, 0.05) is 18.2 Å². The lowest BCUT2D eigenvalue weighted by Gasteiger charge is -2.50. The first-order valence-corrected chi connectivity index (χ1v) is 11.6. The Morgan fingerprint density at radius 2 is 1.93 bits per heavy atom. The molecule has 1 aliphatic carbocycles. The molecule has 2 aromatic rings. The van der Waals surface area contributed by atoms with Crippen molar-refractivity contribution in [3.05, 3.63) is 76.9 Å². The molecule has 5 rings (SSSR count). The predicted octanol–water partition coefficient (Wildman–Crippen LogP) is 5.34. The fraction of sp³-hybridized carbons (Fsp3) is 0.444. The number of carbonyl (C=O) groups excluding carboxylic acids is 1. The molecule has 0 fully saturated rings.